The Bertz CT molecular complexity index is 680. The van der Waals surface area contributed by atoms with Gasteiger partial charge in [-0.1, -0.05) is 52.0 Å². The highest BCUT2D eigenvalue weighted by atomic mass is 32.1. The average Bonchev–Trinajstić information content (AvgIpc) is 2.81. The first-order valence-corrected chi connectivity index (χ1v) is 8.31. The van der Waals surface area contributed by atoms with Crippen LogP contribution in [0.15, 0.2) is 24.3 Å². The third kappa shape index (κ3) is 2.80. The summed E-state index contributed by atoms with van der Waals surface area (Å²) in [5.74, 6) is 0.787. The van der Waals surface area contributed by atoms with Crippen molar-refractivity contribution in [2.45, 2.75) is 46.5 Å². The zero-order valence-electron chi connectivity index (χ0n) is 13.1. The van der Waals surface area contributed by atoms with E-state index >= 15 is 0 Å². The van der Waals surface area contributed by atoms with E-state index in [0.717, 1.165) is 27.6 Å². The summed E-state index contributed by atoms with van der Waals surface area (Å²) in [4.78, 5) is 17.9. The van der Waals surface area contributed by atoms with E-state index in [1.165, 1.54) is 5.56 Å². The van der Waals surface area contributed by atoms with Crippen molar-refractivity contribution in [1.82, 2.24) is 4.98 Å². The van der Waals surface area contributed by atoms with Crippen molar-refractivity contribution in [2.24, 2.45) is 5.41 Å². The summed E-state index contributed by atoms with van der Waals surface area (Å²) in [5, 5.41) is 0.973. The molecule has 0 amide bonds. The summed E-state index contributed by atoms with van der Waals surface area (Å²) >= 11 is 1.55. The molecule has 2 nitrogen and oxygen atoms in total. The fourth-order valence-electron chi connectivity index (χ4n) is 2.85. The van der Waals surface area contributed by atoms with E-state index in [4.69, 9.17) is 4.98 Å². The number of hydrogen-bond donors (Lipinski definition) is 0. The predicted octanol–water partition coefficient (Wildman–Crippen LogP) is 5.09. The topological polar surface area (TPSA) is 30.0 Å². The van der Waals surface area contributed by atoms with Crippen molar-refractivity contribution in [1.29, 1.82) is 0 Å². The maximum absolute atomic E-state index is 12.3. The smallest absolute Gasteiger partial charge is 0.175 e. The van der Waals surface area contributed by atoms with E-state index < -0.39 is 0 Å². The lowest BCUT2D eigenvalue weighted by molar-refractivity contribution is 0.0916. The highest BCUT2D eigenvalue weighted by Crippen LogP contribution is 2.39. The number of hydrogen-bond acceptors (Lipinski definition) is 3. The molecule has 0 aliphatic heterocycles. The molecule has 0 atom stereocenters. The molecule has 0 bridgehead atoms. The van der Waals surface area contributed by atoms with Crippen molar-refractivity contribution >= 4 is 17.1 Å². The molecule has 1 aliphatic rings. The number of nitrogens with zero attached hydrogens (tertiary/aromatic N) is 1. The molecule has 0 saturated carbocycles. The zero-order chi connectivity index (χ0) is 15.2. The number of aromatic nitrogens is 1. The maximum atomic E-state index is 12.3. The first kappa shape index (κ1) is 14.5. The summed E-state index contributed by atoms with van der Waals surface area (Å²) in [5.41, 5.74) is 3.47. The Kier molecular flexibility index (Phi) is 3.48. The summed E-state index contributed by atoms with van der Waals surface area (Å²) in [6, 6.07) is 8.56. The van der Waals surface area contributed by atoms with Gasteiger partial charge in [0.2, 0.25) is 0 Å². The molecule has 1 heterocycles. The highest BCUT2D eigenvalue weighted by Gasteiger charge is 2.33. The van der Waals surface area contributed by atoms with Gasteiger partial charge in [0, 0.05) is 12.0 Å². The van der Waals surface area contributed by atoms with E-state index in [9.17, 15) is 4.79 Å². The summed E-state index contributed by atoms with van der Waals surface area (Å²) in [6.07, 6.45) is 1.53. The van der Waals surface area contributed by atoms with Crippen LogP contribution in [-0.4, -0.2) is 10.8 Å². The van der Waals surface area contributed by atoms with Crippen LogP contribution in [0.5, 0.6) is 0 Å². The lowest BCUT2D eigenvalue weighted by atomic mass is 9.78. The van der Waals surface area contributed by atoms with Crippen LogP contribution in [0.3, 0.4) is 0 Å². The molecule has 0 radical (unpaired) electrons. The fourth-order valence-corrected chi connectivity index (χ4v) is 3.88. The molecule has 2 aromatic rings. The molecule has 110 valence electrons. The Morgan fingerprint density at radius 2 is 1.81 bits per heavy atom. The molecule has 0 N–H and O–H groups in total. The molecule has 1 aromatic heterocycles. The first-order valence-electron chi connectivity index (χ1n) is 7.49. The summed E-state index contributed by atoms with van der Waals surface area (Å²) < 4.78 is 0. The molecular formula is C18H21NOS. The van der Waals surface area contributed by atoms with Gasteiger partial charge in [0.1, 0.15) is 5.01 Å². The number of rotatable bonds is 2. The second-order valence-corrected chi connectivity index (χ2v) is 8.01. The van der Waals surface area contributed by atoms with Gasteiger partial charge in [-0.3, -0.25) is 4.79 Å². The van der Waals surface area contributed by atoms with Crippen LogP contribution < -0.4 is 0 Å². The van der Waals surface area contributed by atoms with Gasteiger partial charge in [-0.05, 0) is 23.3 Å². The van der Waals surface area contributed by atoms with Gasteiger partial charge in [0.15, 0.2) is 5.78 Å². The number of carbonyl (C=O) groups excluding carboxylic acids is 1. The number of thiazole rings is 1. The molecule has 1 aliphatic carbocycles. The first-order chi connectivity index (χ1) is 9.85. The minimum Gasteiger partial charge on any atom is -0.293 e. The Morgan fingerprint density at radius 3 is 2.43 bits per heavy atom. The minimum absolute atomic E-state index is 0.0386. The number of carbonyl (C=O) groups is 1. The largest absolute Gasteiger partial charge is 0.293 e. The Balaban J connectivity index is 1.96. The number of fused-ring (bicyclic) bond motifs is 1. The van der Waals surface area contributed by atoms with E-state index in [0.29, 0.717) is 12.3 Å². The van der Waals surface area contributed by atoms with Crippen LogP contribution >= 0.6 is 11.3 Å². The molecule has 0 saturated heterocycles. The zero-order valence-corrected chi connectivity index (χ0v) is 13.9. The van der Waals surface area contributed by atoms with Crippen LogP contribution in [0.25, 0.3) is 10.6 Å². The van der Waals surface area contributed by atoms with Crippen LogP contribution in [0, 0.1) is 5.41 Å². The van der Waals surface area contributed by atoms with Crippen LogP contribution in [0.2, 0.25) is 0 Å². The highest BCUT2D eigenvalue weighted by molar-refractivity contribution is 7.17. The second kappa shape index (κ2) is 5.06. The molecule has 3 heteroatoms. The van der Waals surface area contributed by atoms with Crippen molar-refractivity contribution in [3.63, 3.8) is 0 Å². The Hall–Kier alpha value is -1.48. The van der Waals surface area contributed by atoms with Gasteiger partial charge in [0.25, 0.3) is 0 Å². The van der Waals surface area contributed by atoms with Crippen LogP contribution in [-0.2, 0) is 6.42 Å². The molecule has 0 fully saturated rings. The van der Waals surface area contributed by atoms with Gasteiger partial charge in [-0.15, -0.1) is 11.3 Å². The standard InChI is InChI=1S/C18H21NOS/c1-11(2)12-5-7-13(8-6-12)17-19-14-9-18(3,4)10-15(20)16(14)21-17/h5-8,11H,9-10H2,1-4H3. The van der Waals surface area contributed by atoms with E-state index in [1.807, 2.05) is 0 Å². The van der Waals surface area contributed by atoms with Crippen molar-refractivity contribution in [2.75, 3.05) is 0 Å². The normalized spacial score (nSPS) is 17.1. The molecule has 0 unspecified atom stereocenters. The number of ketones is 1. The van der Waals surface area contributed by atoms with Gasteiger partial charge in [-0.2, -0.15) is 0 Å². The molecule has 0 spiro atoms. The lowest BCUT2D eigenvalue weighted by Crippen LogP contribution is -2.25. The van der Waals surface area contributed by atoms with E-state index in [-0.39, 0.29) is 11.2 Å². The molecule has 21 heavy (non-hydrogen) atoms. The van der Waals surface area contributed by atoms with E-state index in [1.54, 1.807) is 11.3 Å². The average molecular weight is 299 g/mol. The van der Waals surface area contributed by atoms with E-state index in [2.05, 4.69) is 52.0 Å². The van der Waals surface area contributed by atoms with Crippen molar-refractivity contribution < 1.29 is 4.79 Å². The monoisotopic (exact) mass is 299 g/mol. The van der Waals surface area contributed by atoms with Gasteiger partial charge in [-0.25, -0.2) is 4.98 Å². The second-order valence-electron chi connectivity index (χ2n) is 7.01. The summed E-state index contributed by atoms with van der Waals surface area (Å²) in [7, 11) is 0. The van der Waals surface area contributed by atoms with Gasteiger partial charge < -0.3 is 0 Å². The number of Topliss-reactive ketones (excluding diaryl/α,β-unsaturated/α-hetero) is 1. The Morgan fingerprint density at radius 1 is 1.14 bits per heavy atom. The third-order valence-electron chi connectivity index (χ3n) is 4.06. The quantitative estimate of drug-likeness (QED) is 0.773. The SMILES string of the molecule is CC(C)c1ccc(-c2nc3c(s2)C(=O)CC(C)(C)C3)cc1. The summed E-state index contributed by atoms with van der Waals surface area (Å²) in [6.45, 7) is 8.67. The van der Waals surface area contributed by atoms with Gasteiger partial charge in [0.05, 0.1) is 10.6 Å². The molecular weight excluding hydrogens is 278 g/mol. The molecule has 1 aromatic carbocycles. The number of benzene rings is 1. The third-order valence-corrected chi connectivity index (χ3v) is 5.25. The van der Waals surface area contributed by atoms with Gasteiger partial charge >= 0.3 is 0 Å². The minimum atomic E-state index is 0.0386. The Labute approximate surface area is 130 Å². The lowest BCUT2D eigenvalue weighted by Gasteiger charge is -2.26. The predicted molar refractivity (Wildman–Crippen MR) is 88.1 cm³/mol. The van der Waals surface area contributed by atoms with Crippen molar-refractivity contribution in [3.05, 3.63) is 40.4 Å². The fraction of sp³-hybridized carbons (Fsp3) is 0.444. The van der Waals surface area contributed by atoms with Crippen molar-refractivity contribution in [3.8, 4) is 10.6 Å². The maximum Gasteiger partial charge on any atom is 0.175 e. The molecule has 3 rings (SSSR count). The van der Waals surface area contributed by atoms with Crippen LogP contribution in [0.4, 0.5) is 0 Å². The van der Waals surface area contributed by atoms with Crippen LogP contribution in [0.1, 0.15) is 61.0 Å².